The van der Waals surface area contributed by atoms with Crippen LogP contribution in [0.15, 0.2) is 48.7 Å². The lowest BCUT2D eigenvalue weighted by Crippen LogP contribution is -3.00. The van der Waals surface area contributed by atoms with Gasteiger partial charge >= 0.3 is 0 Å². The van der Waals surface area contributed by atoms with Crippen molar-refractivity contribution < 1.29 is 28.5 Å². The van der Waals surface area contributed by atoms with Crippen molar-refractivity contribution >= 4 is 44.3 Å². The maximum atomic E-state index is 6.42. The molecule has 164 valence electrons. The summed E-state index contributed by atoms with van der Waals surface area (Å²) in [6, 6.07) is 15.1. The second-order valence-corrected chi connectivity index (χ2v) is 9.62. The zero-order valence-corrected chi connectivity index (χ0v) is 21.3. The minimum Gasteiger partial charge on any atom is -1.00 e. The lowest BCUT2D eigenvalue weighted by Gasteiger charge is -2.21. The number of pyridine rings is 1. The molecule has 2 aromatic heterocycles. The molecule has 2 heterocycles. The third-order valence-electron chi connectivity index (χ3n) is 7.15. The van der Waals surface area contributed by atoms with Crippen molar-refractivity contribution in [3.63, 3.8) is 0 Å². The quantitative estimate of drug-likeness (QED) is 0.190. The number of para-hydroxylation sites is 1. The third kappa shape index (κ3) is 4.59. The Morgan fingerprint density at radius 1 is 0.935 bits per heavy atom. The molecule has 0 radical (unpaired) electrons. The number of unbranched alkanes of at least 4 members (excludes halogenated alkanes) is 2. The Hall–Kier alpha value is -1.33. The molecule has 4 aromatic rings. The zero-order chi connectivity index (χ0) is 20.5. The van der Waals surface area contributed by atoms with Crippen LogP contribution in [0.3, 0.4) is 0 Å². The largest absolute Gasteiger partial charge is 1.00 e. The molecule has 1 aliphatic rings. The van der Waals surface area contributed by atoms with Crippen LogP contribution < -0.4 is 28.5 Å². The van der Waals surface area contributed by atoms with Crippen molar-refractivity contribution in [3.8, 4) is 0 Å². The van der Waals surface area contributed by atoms with Crippen LogP contribution in [0.4, 0.5) is 0 Å². The average Bonchev–Trinajstić information content (AvgIpc) is 3.07. The van der Waals surface area contributed by atoms with Crippen LogP contribution in [-0.2, 0) is 13.6 Å². The first-order valence-electron chi connectivity index (χ1n) is 11.7. The molecule has 0 saturated heterocycles. The highest BCUT2D eigenvalue weighted by Crippen LogP contribution is 2.35. The Bertz CT molecular complexity index is 1190. The highest BCUT2D eigenvalue weighted by atomic mass is 127. The van der Waals surface area contributed by atoms with Crippen LogP contribution in [0.25, 0.3) is 32.7 Å². The van der Waals surface area contributed by atoms with Crippen molar-refractivity contribution in [1.29, 1.82) is 0 Å². The van der Waals surface area contributed by atoms with Crippen LogP contribution in [0, 0.1) is 5.92 Å². The summed E-state index contributed by atoms with van der Waals surface area (Å²) in [6.07, 6.45) is 15.0. The molecular weight excluding hydrogens is 515 g/mol. The predicted octanol–water partition coefficient (Wildman–Crippen LogP) is 4.57. The molecule has 0 N–H and O–H groups in total. The maximum absolute atomic E-state index is 6.42. The van der Waals surface area contributed by atoms with Crippen LogP contribution in [-0.4, -0.2) is 4.57 Å². The van der Waals surface area contributed by atoms with Crippen LogP contribution in [0.1, 0.15) is 57.8 Å². The summed E-state index contributed by atoms with van der Waals surface area (Å²) in [5.41, 5.74) is 3.88. The van der Waals surface area contributed by atoms with Gasteiger partial charge in [0.15, 0.2) is 6.20 Å². The van der Waals surface area contributed by atoms with Gasteiger partial charge in [-0.2, -0.15) is 4.57 Å². The molecule has 0 atom stereocenters. The summed E-state index contributed by atoms with van der Waals surface area (Å²) in [4.78, 5) is 0. The van der Waals surface area contributed by atoms with Gasteiger partial charge in [-0.15, -0.1) is 0 Å². The molecule has 0 bridgehead atoms. The first kappa shape index (κ1) is 22.8. The van der Waals surface area contributed by atoms with Gasteiger partial charge in [-0.3, -0.25) is 0 Å². The summed E-state index contributed by atoms with van der Waals surface area (Å²) in [7, 11) is 2.15. The SMILES string of the molecule is C[n+]1cc2c(c3cc(Cl)ccc3n2CCCCCC2CCCCC2)c2ccccc21.[I-]. The van der Waals surface area contributed by atoms with Gasteiger partial charge in [-0.05, 0) is 36.6 Å². The van der Waals surface area contributed by atoms with Gasteiger partial charge in [0.25, 0.3) is 0 Å². The average molecular weight is 547 g/mol. The molecule has 0 aliphatic heterocycles. The van der Waals surface area contributed by atoms with E-state index in [9.17, 15) is 0 Å². The maximum Gasteiger partial charge on any atom is 0.213 e. The van der Waals surface area contributed by atoms with Gasteiger partial charge in [-0.1, -0.05) is 75.1 Å². The summed E-state index contributed by atoms with van der Waals surface area (Å²) in [5.74, 6) is 1.000. The van der Waals surface area contributed by atoms with Gasteiger partial charge in [0.05, 0.1) is 5.39 Å². The first-order chi connectivity index (χ1) is 14.7. The van der Waals surface area contributed by atoms with E-state index in [-0.39, 0.29) is 24.0 Å². The van der Waals surface area contributed by atoms with Crippen molar-refractivity contribution in [2.24, 2.45) is 13.0 Å². The van der Waals surface area contributed by atoms with Crippen molar-refractivity contribution in [3.05, 3.63) is 53.7 Å². The number of fused-ring (bicyclic) bond motifs is 5. The topological polar surface area (TPSA) is 8.81 Å². The Labute approximate surface area is 207 Å². The van der Waals surface area contributed by atoms with E-state index in [0.717, 1.165) is 17.5 Å². The third-order valence-corrected chi connectivity index (χ3v) is 7.39. The summed E-state index contributed by atoms with van der Waals surface area (Å²) < 4.78 is 4.78. The van der Waals surface area contributed by atoms with E-state index < -0.39 is 0 Å². The van der Waals surface area contributed by atoms with E-state index in [2.05, 4.69) is 58.8 Å². The Morgan fingerprint density at radius 2 is 1.74 bits per heavy atom. The number of hydrogen-bond donors (Lipinski definition) is 0. The Kier molecular flexibility index (Phi) is 7.43. The molecule has 5 rings (SSSR count). The molecular formula is C27H32ClIN2. The lowest BCUT2D eigenvalue weighted by atomic mass is 9.85. The fourth-order valence-corrected chi connectivity index (χ4v) is 5.78. The van der Waals surface area contributed by atoms with E-state index in [0.29, 0.717) is 0 Å². The van der Waals surface area contributed by atoms with Gasteiger partial charge in [0.2, 0.25) is 5.52 Å². The molecule has 1 aliphatic carbocycles. The number of aryl methyl sites for hydroxylation is 2. The zero-order valence-electron chi connectivity index (χ0n) is 18.4. The molecule has 0 spiro atoms. The molecule has 31 heavy (non-hydrogen) atoms. The fourth-order valence-electron chi connectivity index (χ4n) is 5.61. The molecule has 2 nitrogen and oxygen atoms in total. The van der Waals surface area contributed by atoms with Gasteiger partial charge in [-0.25, -0.2) is 0 Å². The van der Waals surface area contributed by atoms with Gasteiger partial charge in [0, 0.05) is 33.9 Å². The molecule has 2 aromatic carbocycles. The van der Waals surface area contributed by atoms with E-state index in [4.69, 9.17) is 11.6 Å². The second-order valence-electron chi connectivity index (χ2n) is 9.18. The number of nitrogens with zero attached hydrogens (tertiary/aromatic N) is 2. The van der Waals surface area contributed by atoms with Crippen molar-refractivity contribution in [2.75, 3.05) is 0 Å². The molecule has 0 unspecified atom stereocenters. The normalized spacial score (nSPS) is 15.0. The number of hydrogen-bond acceptors (Lipinski definition) is 0. The van der Waals surface area contributed by atoms with E-state index in [1.807, 2.05) is 6.07 Å². The first-order valence-corrected chi connectivity index (χ1v) is 12.1. The minimum atomic E-state index is 0. The smallest absolute Gasteiger partial charge is 0.213 e. The Morgan fingerprint density at radius 3 is 2.58 bits per heavy atom. The molecule has 0 amide bonds. The summed E-state index contributed by atoms with van der Waals surface area (Å²) >= 11 is 6.42. The number of aromatic nitrogens is 2. The van der Waals surface area contributed by atoms with Crippen molar-refractivity contribution in [1.82, 2.24) is 4.57 Å². The highest BCUT2D eigenvalue weighted by Gasteiger charge is 2.19. The van der Waals surface area contributed by atoms with Crippen molar-refractivity contribution in [2.45, 2.75) is 64.3 Å². The van der Waals surface area contributed by atoms with Gasteiger partial charge in [0.1, 0.15) is 12.6 Å². The van der Waals surface area contributed by atoms with E-state index in [1.165, 1.54) is 90.5 Å². The second kappa shape index (κ2) is 10.1. The van der Waals surface area contributed by atoms with E-state index in [1.54, 1.807) is 0 Å². The number of benzene rings is 2. The molecule has 1 saturated carbocycles. The van der Waals surface area contributed by atoms with Crippen LogP contribution in [0.5, 0.6) is 0 Å². The van der Waals surface area contributed by atoms with Crippen LogP contribution >= 0.6 is 11.6 Å². The fraction of sp³-hybridized carbons (Fsp3) is 0.444. The number of halogens is 2. The van der Waals surface area contributed by atoms with E-state index >= 15 is 0 Å². The van der Waals surface area contributed by atoms with Gasteiger partial charge < -0.3 is 28.5 Å². The summed E-state index contributed by atoms with van der Waals surface area (Å²) in [6.45, 7) is 1.07. The Balaban J connectivity index is 0.00000231. The molecule has 4 heteroatoms. The molecule has 1 fully saturated rings. The minimum absolute atomic E-state index is 0. The summed E-state index contributed by atoms with van der Waals surface area (Å²) in [5, 5.41) is 4.73. The highest BCUT2D eigenvalue weighted by molar-refractivity contribution is 6.32. The van der Waals surface area contributed by atoms with Crippen LogP contribution in [0.2, 0.25) is 5.02 Å². The standard InChI is InChI=1S/C27H32ClN2.HI/c1-29-19-26-27(22-13-7-8-14-24(22)29)23-18-21(28)15-16-25(23)30(26)17-9-3-6-12-20-10-4-2-5-11-20;/h7-8,13-16,18-20H,2-6,9-12,17H2,1H3;1H/q+1;/p-1. The monoisotopic (exact) mass is 546 g/mol. The number of rotatable bonds is 6. The lowest BCUT2D eigenvalue weighted by molar-refractivity contribution is -0.643. The predicted molar refractivity (Wildman–Crippen MR) is 128 cm³/mol.